The van der Waals surface area contributed by atoms with Crippen molar-refractivity contribution in [2.45, 2.75) is 32.7 Å². The number of hydrogen-bond acceptors (Lipinski definition) is 4. The summed E-state index contributed by atoms with van der Waals surface area (Å²) < 4.78 is 4.84. The van der Waals surface area contributed by atoms with E-state index in [4.69, 9.17) is 4.74 Å². The normalized spacial score (nSPS) is 11.5. The van der Waals surface area contributed by atoms with E-state index in [1.165, 1.54) is 0 Å². The fourth-order valence-corrected chi connectivity index (χ4v) is 1.23. The smallest absolute Gasteiger partial charge is 0.221 e. The maximum atomic E-state index is 11.3. The molecule has 0 aromatic carbocycles. The summed E-state index contributed by atoms with van der Waals surface area (Å²) in [6, 6.07) is 0. The monoisotopic (exact) mass is 245 g/mol. The summed E-state index contributed by atoms with van der Waals surface area (Å²) in [6.07, 6.45) is 0.513. The van der Waals surface area contributed by atoms with Crippen LogP contribution in [0.1, 0.15) is 27.2 Å². The molecule has 0 bridgehead atoms. The van der Waals surface area contributed by atoms with Gasteiger partial charge in [0.15, 0.2) is 0 Å². The molecule has 0 fully saturated rings. The Morgan fingerprint density at radius 1 is 1.12 bits per heavy atom. The highest BCUT2D eigenvalue weighted by molar-refractivity contribution is 5.75. The summed E-state index contributed by atoms with van der Waals surface area (Å²) in [7, 11) is 1.62. The van der Waals surface area contributed by atoms with Crippen molar-refractivity contribution >= 4 is 5.91 Å². The number of hydrogen-bond donors (Lipinski definition) is 3. The second kappa shape index (κ2) is 9.39. The molecule has 0 aliphatic carbocycles. The number of nitrogens with one attached hydrogen (secondary N) is 3. The highest BCUT2D eigenvalue weighted by Crippen LogP contribution is 1.96. The van der Waals surface area contributed by atoms with Crippen LogP contribution < -0.4 is 16.0 Å². The third-order valence-electron chi connectivity index (χ3n) is 2.11. The maximum Gasteiger partial charge on any atom is 0.221 e. The van der Waals surface area contributed by atoms with E-state index >= 15 is 0 Å². The zero-order valence-electron chi connectivity index (χ0n) is 11.6. The Bertz CT molecular complexity index is 202. The molecule has 3 N–H and O–H groups in total. The summed E-state index contributed by atoms with van der Waals surface area (Å²) in [6.45, 7) is 10.1. The largest absolute Gasteiger partial charge is 0.383 e. The second-order valence-corrected chi connectivity index (χ2v) is 5.02. The average Bonchev–Trinajstić information content (AvgIpc) is 2.22. The summed E-state index contributed by atoms with van der Waals surface area (Å²) in [4.78, 5) is 11.3. The Balaban J connectivity index is 3.25. The molecule has 5 heteroatoms. The molecule has 0 spiro atoms. The Labute approximate surface area is 105 Å². The molecular formula is C12H27N3O2. The fraction of sp³-hybridized carbons (Fsp3) is 0.917. The Morgan fingerprint density at radius 3 is 2.41 bits per heavy atom. The minimum atomic E-state index is 0.0679. The van der Waals surface area contributed by atoms with E-state index in [2.05, 4.69) is 36.7 Å². The van der Waals surface area contributed by atoms with Gasteiger partial charge in [-0.15, -0.1) is 0 Å². The minimum absolute atomic E-state index is 0.0679. The molecule has 0 aliphatic heterocycles. The first-order chi connectivity index (χ1) is 7.95. The lowest BCUT2D eigenvalue weighted by Crippen LogP contribution is -2.40. The summed E-state index contributed by atoms with van der Waals surface area (Å²) in [5, 5.41) is 9.38. The van der Waals surface area contributed by atoms with Crippen LogP contribution in [0.3, 0.4) is 0 Å². The second-order valence-electron chi connectivity index (χ2n) is 5.02. The van der Waals surface area contributed by atoms with Crippen molar-refractivity contribution in [1.29, 1.82) is 0 Å². The maximum absolute atomic E-state index is 11.3. The lowest BCUT2D eigenvalue weighted by atomic mass is 10.1. The van der Waals surface area contributed by atoms with Crippen LogP contribution in [0.4, 0.5) is 0 Å². The average molecular weight is 245 g/mol. The fourth-order valence-electron chi connectivity index (χ4n) is 1.23. The number of ether oxygens (including phenoxy) is 1. The zero-order chi connectivity index (χ0) is 13.1. The Hall–Kier alpha value is -0.650. The van der Waals surface area contributed by atoms with E-state index in [1.54, 1.807) is 7.11 Å². The number of amides is 1. The van der Waals surface area contributed by atoms with Crippen molar-refractivity contribution in [2.24, 2.45) is 0 Å². The molecule has 102 valence electrons. The Morgan fingerprint density at radius 2 is 1.82 bits per heavy atom. The summed E-state index contributed by atoms with van der Waals surface area (Å²) >= 11 is 0. The SMILES string of the molecule is COCCNC(=O)CCNCCNC(C)(C)C. The molecule has 0 unspecified atom stereocenters. The molecule has 0 aromatic heterocycles. The molecule has 0 radical (unpaired) electrons. The van der Waals surface area contributed by atoms with Crippen LogP contribution in [0, 0.1) is 0 Å². The molecule has 0 heterocycles. The highest BCUT2D eigenvalue weighted by Gasteiger charge is 2.06. The van der Waals surface area contributed by atoms with Crippen molar-refractivity contribution in [3.63, 3.8) is 0 Å². The van der Waals surface area contributed by atoms with E-state index in [0.717, 1.165) is 13.1 Å². The topological polar surface area (TPSA) is 62.4 Å². The van der Waals surface area contributed by atoms with Gasteiger partial charge in [0.2, 0.25) is 5.91 Å². The first-order valence-corrected chi connectivity index (χ1v) is 6.17. The van der Waals surface area contributed by atoms with Gasteiger partial charge in [-0.1, -0.05) is 0 Å². The van der Waals surface area contributed by atoms with E-state index in [9.17, 15) is 4.79 Å². The van der Waals surface area contributed by atoms with E-state index < -0.39 is 0 Å². The number of rotatable bonds is 9. The van der Waals surface area contributed by atoms with Crippen LogP contribution in [0.15, 0.2) is 0 Å². The lowest BCUT2D eigenvalue weighted by molar-refractivity contribution is -0.121. The van der Waals surface area contributed by atoms with Gasteiger partial charge in [-0.05, 0) is 20.8 Å². The van der Waals surface area contributed by atoms with Crippen LogP contribution in [0.2, 0.25) is 0 Å². The first-order valence-electron chi connectivity index (χ1n) is 6.17. The third-order valence-corrected chi connectivity index (χ3v) is 2.11. The molecule has 17 heavy (non-hydrogen) atoms. The van der Waals surface area contributed by atoms with Crippen molar-refractivity contribution in [2.75, 3.05) is 39.9 Å². The molecule has 1 amide bonds. The predicted octanol–water partition coefficient (Wildman–Crippen LogP) is 0.117. The predicted molar refractivity (Wildman–Crippen MR) is 70.1 cm³/mol. The molecule has 0 aromatic rings. The summed E-state index contributed by atoms with van der Waals surface area (Å²) in [5.74, 6) is 0.0679. The molecular weight excluding hydrogens is 218 g/mol. The van der Waals surface area contributed by atoms with Gasteiger partial charge in [0.25, 0.3) is 0 Å². The Kier molecular flexibility index (Phi) is 9.03. The van der Waals surface area contributed by atoms with E-state index in [0.29, 0.717) is 26.1 Å². The van der Waals surface area contributed by atoms with Gasteiger partial charge in [0, 0.05) is 45.2 Å². The van der Waals surface area contributed by atoms with E-state index in [1.807, 2.05) is 0 Å². The van der Waals surface area contributed by atoms with Gasteiger partial charge < -0.3 is 20.7 Å². The van der Waals surface area contributed by atoms with Gasteiger partial charge >= 0.3 is 0 Å². The molecule has 0 aliphatic rings. The van der Waals surface area contributed by atoms with Gasteiger partial charge in [0.1, 0.15) is 0 Å². The van der Waals surface area contributed by atoms with Crippen LogP contribution in [0.25, 0.3) is 0 Å². The van der Waals surface area contributed by atoms with Gasteiger partial charge in [0.05, 0.1) is 6.61 Å². The van der Waals surface area contributed by atoms with E-state index in [-0.39, 0.29) is 11.4 Å². The molecule has 0 rings (SSSR count). The minimum Gasteiger partial charge on any atom is -0.383 e. The van der Waals surface area contributed by atoms with Crippen LogP contribution >= 0.6 is 0 Å². The lowest BCUT2D eigenvalue weighted by Gasteiger charge is -2.20. The van der Waals surface area contributed by atoms with Gasteiger partial charge in [-0.2, -0.15) is 0 Å². The highest BCUT2D eigenvalue weighted by atomic mass is 16.5. The van der Waals surface area contributed by atoms with Gasteiger partial charge in [-0.25, -0.2) is 0 Å². The molecule has 5 nitrogen and oxygen atoms in total. The van der Waals surface area contributed by atoms with Crippen molar-refractivity contribution in [3.8, 4) is 0 Å². The number of carbonyl (C=O) groups excluding carboxylic acids is 1. The quantitative estimate of drug-likeness (QED) is 0.505. The standard InChI is InChI=1S/C12H27N3O2/c1-12(2,3)15-8-7-13-6-5-11(16)14-9-10-17-4/h13,15H,5-10H2,1-4H3,(H,14,16). The number of methoxy groups -OCH3 is 1. The molecule has 0 atom stereocenters. The zero-order valence-corrected chi connectivity index (χ0v) is 11.6. The van der Waals surface area contributed by atoms with Crippen LogP contribution in [0.5, 0.6) is 0 Å². The number of carbonyl (C=O) groups is 1. The van der Waals surface area contributed by atoms with Crippen molar-refractivity contribution < 1.29 is 9.53 Å². The van der Waals surface area contributed by atoms with Crippen molar-refractivity contribution in [1.82, 2.24) is 16.0 Å². The first kappa shape index (κ1) is 16.4. The molecule has 0 saturated heterocycles. The van der Waals surface area contributed by atoms with Crippen LogP contribution in [-0.2, 0) is 9.53 Å². The van der Waals surface area contributed by atoms with Crippen molar-refractivity contribution in [3.05, 3.63) is 0 Å². The summed E-state index contributed by atoms with van der Waals surface area (Å²) in [5.41, 5.74) is 0.152. The third kappa shape index (κ3) is 13.3. The van der Waals surface area contributed by atoms with Crippen LogP contribution in [-0.4, -0.2) is 51.3 Å². The van der Waals surface area contributed by atoms with Gasteiger partial charge in [-0.3, -0.25) is 4.79 Å². The molecule has 0 saturated carbocycles.